The Morgan fingerprint density at radius 2 is 1.69 bits per heavy atom. The maximum Gasteiger partial charge on any atom is 0.291 e. The molecule has 148 valence electrons. The lowest BCUT2D eigenvalue weighted by Crippen LogP contribution is -2.23. The van der Waals surface area contributed by atoms with Gasteiger partial charge in [0.2, 0.25) is 10.7 Å². The molecule has 0 bridgehead atoms. The van der Waals surface area contributed by atoms with Gasteiger partial charge in [0.25, 0.3) is 5.56 Å². The van der Waals surface area contributed by atoms with Crippen molar-refractivity contribution in [3.8, 4) is 28.6 Å². The Bertz CT molecular complexity index is 1270. The van der Waals surface area contributed by atoms with Gasteiger partial charge in [0, 0.05) is 10.6 Å². The van der Waals surface area contributed by atoms with Crippen LogP contribution in [0, 0.1) is 0 Å². The van der Waals surface area contributed by atoms with Gasteiger partial charge in [-0.3, -0.25) is 4.79 Å². The number of ether oxygens (including phenoxy) is 3. The maximum absolute atomic E-state index is 12.7. The molecule has 0 spiro atoms. The summed E-state index contributed by atoms with van der Waals surface area (Å²) in [6.07, 6.45) is 1.79. The van der Waals surface area contributed by atoms with Crippen molar-refractivity contribution >= 4 is 34.0 Å². The molecule has 0 saturated heterocycles. The molecule has 0 N–H and O–H groups in total. The Balaban J connectivity index is 1.80. The summed E-state index contributed by atoms with van der Waals surface area (Å²) in [7, 11) is 4.61. The summed E-state index contributed by atoms with van der Waals surface area (Å²) in [6.45, 7) is 0. The van der Waals surface area contributed by atoms with E-state index >= 15 is 0 Å². The van der Waals surface area contributed by atoms with Gasteiger partial charge in [-0.25, -0.2) is 0 Å². The summed E-state index contributed by atoms with van der Waals surface area (Å²) in [4.78, 5) is 17.7. The third kappa shape index (κ3) is 3.52. The van der Waals surface area contributed by atoms with Crippen LogP contribution >= 0.6 is 22.9 Å². The van der Waals surface area contributed by atoms with Crippen molar-refractivity contribution < 1.29 is 14.2 Å². The number of fused-ring (bicyclic) bond motifs is 1. The Morgan fingerprint density at radius 3 is 2.24 bits per heavy atom. The molecule has 2 aromatic heterocycles. The number of hydrogen-bond acceptors (Lipinski definition) is 7. The van der Waals surface area contributed by atoms with Gasteiger partial charge in [0.1, 0.15) is 0 Å². The van der Waals surface area contributed by atoms with Crippen molar-refractivity contribution in [3.05, 3.63) is 61.9 Å². The zero-order valence-electron chi connectivity index (χ0n) is 15.8. The van der Waals surface area contributed by atoms with E-state index in [0.717, 1.165) is 5.56 Å². The Labute approximate surface area is 174 Å². The van der Waals surface area contributed by atoms with Gasteiger partial charge in [-0.2, -0.15) is 9.50 Å². The van der Waals surface area contributed by atoms with E-state index in [1.54, 1.807) is 30.3 Å². The monoisotopic (exact) mass is 429 g/mol. The van der Waals surface area contributed by atoms with Crippen LogP contribution in [0.25, 0.3) is 22.4 Å². The molecular formula is C20H16ClN3O4S. The molecule has 0 fully saturated rings. The molecule has 0 aliphatic carbocycles. The van der Waals surface area contributed by atoms with E-state index in [0.29, 0.717) is 43.2 Å². The van der Waals surface area contributed by atoms with Crippen molar-refractivity contribution in [3.63, 3.8) is 0 Å². The van der Waals surface area contributed by atoms with E-state index in [4.69, 9.17) is 25.8 Å². The largest absolute Gasteiger partial charge is 0.493 e. The third-order valence-corrected chi connectivity index (χ3v) is 5.48. The van der Waals surface area contributed by atoms with E-state index in [2.05, 4.69) is 10.1 Å². The highest BCUT2D eigenvalue weighted by molar-refractivity contribution is 7.15. The lowest BCUT2D eigenvalue weighted by atomic mass is 10.1. The van der Waals surface area contributed by atoms with Gasteiger partial charge in [-0.15, -0.1) is 5.10 Å². The van der Waals surface area contributed by atoms with Crippen LogP contribution in [0.15, 0.2) is 41.2 Å². The summed E-state index contributed by atoms with van der Waals surface area (Å²) in [6, 6.07) is 10.7. The van der Waals surface area contributed by atoms with E-state index in [-0.39, 0.29) is 5.56 Å². The fourth-order valence-electron chi connectivity index (χ4n) is 2.88. The first kappa shape index (κ1) is 19.2. The van der Waals surface area contributed by atoms with Crippen LogP contribution in [0.1, 0.15) is 5.56 Å². The van der Waals surface area contributed by atoms with Gasteiger partial charge in [0.05, 0.1) is 25.9 Å². The number of thiazole rings is 1. The topological polar surface area (TPSA) is 75.0 Å². The van der Waals surface area contributed by atoms with Crippen LogP contribution in [-0.4, -0.2) is 35.9 Å². The van der Waals surface area contributed by atoms with E-state index in [9.17, 15) is 4.79 Å². The SMILES string of the molecule is COc1cc(-c2nc3sc(=Cc4ccc(Cl)cc4)c(=O)n3n2)cc(OC)c1OC. The van der Waals surface area contributed by atoms with Gasteiger partial charge in [-0.1, -0.05) is 35.1 Å². The molecule has 4 aromatic rings. The predicted octanol–water partition coefficient (Wildman–Crippen LogP) is 3.04. The lowest BCUT2D eigenvalue weighted by Gasteiger charge is -2.12. The van der Waals surface area contributed by atoms with Crippen LogP contribution in [-0.2, 0) is 0 Å². The van der Waals surface area contributed by atoms with E-state index < -0.39 is 0 Å². The van der Waals surface area contributed by atoms with Crippen molar-refractivity contribution in [2.24, 2.45) is 0 Å². The van der Waals surface area contributed by atoms with Crippen molar-refractivity contribution in [1.29, 1.82) is 0 Å². The summed E-state index contributed by atoms with van der Waals surface area (Å²) < 4.78 is 17.9. The summed E-state index contributed by atoms with van der Waals surface area (Å²) in [5.41, 5.74) is 1.30. The second-order valence-corrected chi connectivity index (χ2v) is 7.46. The first-order valence-corrected chi connectivity index (χ1v) is 9.70. The zero-order valence-corrected chi connectivity index (χ0v) is 17.4. The number of methoxy groups -OCH3 is 3. The zero-order chi connectivity index (χ0) is 20.5. The summed E-state index contributed by atoms with van der Waals surface area (Å²) in [5, 5.41) is 5.02. The molecule has 0 aliphatic heterocycles. The standard InChI is InChI=1S/C20H16ClN3O4S/c1-26-14-9-12(10-15(27-2)17(14)28-3)18-22-20-24(23-18)19(25)16(29-20)8-11-4-6-13(21)7-5-11/h4-10H,1-3H3. The third-order valence-electron chi connectivity index (χ3n) is 4.27. The molecule has 0 radical (unpaired) electrons. The highest BCUT2D eigenvalue weighted by Gasteiger charge is 2.18. The second kappa shape index (κ2) is 7.73. The number of aromatic nitrogens is 3. The minimum Gasteiger partial charge on any atom is -0.493 e. The molecule has 29 heavy (non-hydrogen) atoms. The molecule has 0 atom stereocenters. The van der Waals surface area contributed by atoms with Crippen LogP contribution in [0.4, 0.5) is 0 Å². The number of benzene rings is 2. The number of rotatable bonds is 5. The van der Waals surface area contributed by atoms with E-state index in [1.807, 2.05) is 12.1 Å². The lowest BCUT2D eigenvalue weighted by molar-refractivity contribution is 0.324. The second-order valence-electron chi connectivity index (χ2n) is 6.01. The minimum absolute atomic E-state index is 0.230. The van der Waals surface area contributed by atoms with Crippen molar-refractivity contribution in [2.45, 2.75) is 0 Å². The average Bonchev–Trinajstić information content (AvgIpc) is 3.28. The highest BCUT2D eigenvalue weighted by atomic mass is 35.5. The average molecular weight is 430 g/mol. The molecule has 0 unspecified atom stereocenters. The number of hydrogen-bond donors (Lipinski definition) is 0. The Hall–Kier alpha value is -3.10. The van der Waals surface area contributed by atoms with Gasteiger partial charge in [-0.05, 0) is 35.9 Å². The molecule has 0 aliphatic rings. The molecule has 9 heteroatoms. The molecule has 7 nitrogen and oxygen atoms in total. The van der Waals surface area contributed by atoms with E-state index in [1.165, 1.54) is 37.2 Å². The first-order chi connectivity index (χ1) is 14.0. The minimum atomic E-state index is -0.230. The molecule has 2 heterocycles. The smallest absolute Gasteiger partial charge is 0.291 e. The summed E-state index contributed by atoms with van der Waals surface area (Å²) in [5.74, 6) is 1.84. The number of nitrogens with zero attached hydrogens (tertiary/aromatic N) is 3. The van der Waals surface area contributed by atoms with Crippen LogP contribution in [0.5, 0.6) is 17.2 Å². The summed E-state index contributed by atoms with van der Waals surface area (Å²) >= 11 is 7.17. The van der Waals surface area contributed by atoms with Gasteiger partial charge in [0.15, 0.2) is 17.3 Å². The highest BCUT2D eigenvalue weighted by Crippen LogP contribution is 2.40. The first-order valence-electron chi connectivity index (χ1n) is 8.51. The van der Waals surface area contributed by atoms with Gasteiger partial charge < -0.3 is 14.2 Å². The Morgan fingerprint density at radius 1 is 1.03 bits per heavy atom. The van der Waals surface area contributed by atoms with Gasteiger partial charge >= 0.3 is 0 Å². The quantitative estimate of drug-likeness (QED) is 0.485. The van der Waals surface area contributed by atoms with Crippen LogP contribution < -0.4 is 24.3 Å². The Kier molecular flexibility index (Phi) is 5.12. The predicted molar refractivity (Wildman–Crippen MR) is 112 cm³/mol. The fraction of sp³-hybridized carbons (Fsp3) is 0.150. The number of halogens is 1. The molecular weight excluding hydrogens is 414 g/mol. The fourth-order valence-corrected chi connectivity index (χ4v) is 3.91. The molecule has 2 aromatic carbocycles. The maximum atomic E-state index is 12.7. The molecule has 0 saturated carbocycles. The normalized spacial score (nSPS) is 11.8. The van der Waals surface area contributed by atoms with Crippen LogP contribution in [0.2, 0.25) is 5.02 Å². The molecule has 4 rings (SSSR count). The molecule has 0 amide bonds. The van der Waals surface area contributed by atoms with Crippen molar-refractivity contribution in [1.82, 2.24) is 14.6 Å². The van der Waals surface area contributed by atoms with Crippen molar-refractivity contribution in [2.75, 3.05) is 21.3 Å². The van der Waals surface area contributed by atoms with Crippen LogP contribution in [0.3, 0.4) is 0 Å².